The Morgan fingerprint density at radius 2 is 1.40 bits per heavy atom. The second-order valence-electron chi connectivity index (χ2n) is 3.06. The molecule has 0 spiro atoms. The lowest BCUT2D eigenvalue weighted by Crippen LogP contribution is -2.01. The second kappa shape index (κ2) is 6.81. The van der Waals surface area contributed by atoms with Gasteiger partial charge in [0.25, 0.3) is 0 Å². The fourth-order valence-electron chi connectivity index (χ4n) is 1.19. The van der Waals surface area contributed by atoms with Crippen molar-refractivity contribution in [1.82, 2.24) is 0 Å². The van der Waals surface area contributed by atoms with E-state index in [9.17, 15) is 0 Å². The maximum absolute atomic E-state index is 5.54. The van der Waals surface area contributed by atoms with E-state index in [2.05, 4.69) is 0 Å². The molecule has 0 atom stereocenters. The Morgan fingerprint density at radius 3 is 1.80 bits per heavy atom. The monoisotopic (exact) mass is 248 g/mol. The molecule has 0 bridgehead atoms. The Bertz CT molecular complexity index is 276. The van der Waals surface area contributed by atoms with Gasteiger partial charge in [-0.2, -0.15) is 0 Å². The highest BCUT2D eigenvalue weighted by Gasteiger charge is 2.00. The minimum atomic E-state index is 0.478. The summed E-state index contributed by atoms with van der Waals surface area (Å²) in [5, 5.41) is 0. The van der Waals surface area contributed by atoms with Crippen LogP contribution in [-0.4, -0.2) is 25.0 Å². The van der Waals surface area contributed by atoms with Crippen LogP contribution in [0.25, 0.3) is 0 Å². The Morgan fingerprint density at radius 1 is 0.933 bits per heavy atom. The van der Waals surface area contributed by atoms with Gasteiger partial charge in [0.1, 0.15) is 24.7 Å². The van der Waals surface area contributed by atoms with Gasteiger partial charge in [0.15, 0.2) is 0 Å². The van der Waals surface area contributed by atoms with Crippen molar-refractivity contribution in [2.45, 2.75) is 6.92 Å². The molecule has 1 rings (SSSR count). The van der Waals surface area contributed by atoms with Crippen LogP contribution in [0.3, 0.4) is 0 Å². The molecule has 0 aliphatic carbocycles. The first-order valence-corrected chi connectivity index (χ1v) is 5.82. The Labute approximate surface area is 100 Å². The minimum absolute atomic E-state index is 0.478. The van der Waals surface area contributed by atoms with E-state index in [4.69, 9.17) is 32.7 Å². The van der Waals surface area contributed by atoms with Gasteiger partial charge in [-0.1, -0.05) is 0 Å². The SMILES string of the molecule is Cc1cc(OCCCl)cc(OCCCl)c1. The summed E-state index contributed by atoms with van der Waals surface area (Å²) in [4.78, 5) is 0. The lowest BCUT2D eigenvalue weighted by molar-refractivity contribution is 0.325. The van der Waals surface area contributed by atoms with Crippen LogP contribution in [0.4, 0.5) is 0 Å². The van der Waals surface area contributed by atoms with Gasteiger partial charge in [0.05, 0.1) is 11.8 Å². The standard InChI is InChI=1S/C11H14Cl2O2/c1-9-6-10(14-4-2-12)8-11(7-9)15-5-3-13/h6-8H,2-5H2,1H3. The van der Waals surface area contributed by atoms with Gasteiger partial charge in [-0.05, 0) is 24.6 Å². The lowest BCUT2D eigenvalue weighted by Gasteiger charge is -2.09. The molecule has 0 radical (unpaired) electrons. The predicted octanol–water partition coefficient (Wildman–Crippen LogP) is 3.23. The van der Waals surface area contributed by atoms with Gasteiger partial charge in [-0.3, -0.25) is 0 Å². The van der Waals surface area contributed by atoms with E-state index < -0.39 is 0 Å². The van der Waals surface area contributed by atoms with E-state index in [1.54, 1.807) is 0 Å². The van der Waals surface area contributed by atoms with Crippen LogP contribution >= 0.6 is 23.2 Å². The number of alkyl halides is 2. The predicted molar refractivity (Wildman–Crippen MR) is 63.6 cm³/mol. The van der Waals surface area contributed by atoms with E-state index in [1.807, 2.05) is 25.1 Å². The van der Waals surface area contributed by atoms with Crippen molar-refractivity contribution in [2.24, 2.45) is 0 Å². The molecule has 0 unspecified atom stereocenters. The topological polar surface area (TPSA) is 18.5 Å². The number of aryl methyl sites for hydroxylation is 1. The third kappa shape index (κ3) is 4.63. The number of halogens is 2. The highest BCUT2D eigenvalue weighted by atomic mass is 35.5. The molecule has 0 aliphatic heterocycles. The third-order valence-electron chi connectivity index (χ3n) is 1.72. The summed E-state index contributed by atoms with van der Waals surface area (Å²) in [6.07, 6.45) is 0. The van der Waals surface area contributed by atoms with Crippen molar-refractivity contribution in [2.75, 3.05) is 25.0 Å². The average Bonchev–Trinajstić information content (AvgIpc) is 2.23. The zero-order valence-corrected chi connectivity index (χ0v) is 10.1. The normalized spacial score (nSPS) is 10.1. The van der Waals surface area contributed by atoms with Crippen LogP contribution in [0.1, 0.15) is 5.56 Å². The second-order valence-corrected chi connectivity index (χ2v) is 3.81. The number of hydrogen-bond acceptors (Lipinski definition) is 2. The van der Waals surface area contributed by atoms with Gasteiger partial charge in [-0.15, -0.1) is 23.2 Å². The van der Waals surface area contributed by atoms with E-state index in [0.29, 0.717) is 25.0 Å². The van der Waals surface area contributed by atoms with Crippen molar-refractivity contribution in [1.29, 1.82) is 0 Å². The largest absolute Gasteiger partial charge is 0.492 e. The van der Waals surface area contributed by atoms with Crippen molar-refractivity contribution >= 4 is 23.2 Å². The summed E-state index contributed by atoms with van der Waals surface area (Å²) in [7, 11) is 0. The fourth-order valence-corrected chi connectivity index (χ4v) is 1.35. The molecule has 0 saturated carbocycles. The van der Waals surface area contributed by atoms with Crippen LogP contribution in [0.5, 0.6) is 11.5 Å². The van der Waals surface area contributed by atoms with Crippen LogP contribution in [0.15, 0.2) is 18.2 Å². The third-order valence-corrected chi connectivity index (χ3v) is 2.02. The van der Waals surface area contributed by atoms with E-state index >= 15 is 0 Å². The van der Waals surface area contributed by atoms with Gasteiger partial charge in [0.2, 0.25) is 0 Å². The molecule has 4 heteroatoms. The summed E-state index contributed by atoms with van der Waals surface area (Å²) in [6.45, 7) is 2.99. The highest BCUT2D eigenvalue weighted by molar-refractivity contribution is 6.18. The van der Waals surface area contributed by atoms with Crippen LogP contribution < -0.4 is 9.47 Å². The number of rotatable bonds is 6. The van der Waals surface area contributed by atoms with Crippen LogP contribution in [-0.2, 0) is 0 Å². The van der Waals surface area contributed by atoms with Crippen molar-refractivity contribution in [3.05, 3.63) is 23.8 Å². The summed E-state index contributed by atoms with van der Waals surface area (Å²) >= 11 is 11.1. The minimum Gasteiger partial charge on any atom is -0.492 e. The molecule has 0 amide bonds. The van der Waals surface area contributed by atoms with Crippen LogP contribution in [0.2, 0.25) is 0 Å². The van der Waals surface area contributed by atoms with Crippen molar-refractivity contribution in [3.63, 3.8) is 0 Å². The highest BCUT2D eigenvalue weighted by Crippen LogP contribution is 2.22. The molecule has 0 aliphatic rings. The average molecular weight is 249 g/mol. The zero-order chi connectivity index (χ0) is 11.1. The van der Waals surface area contributed by atoms with E-state index in [-0.39, 0.29) is 0 Å². The number of ether oxygens (including phenoxy) is 2. The van der Waals surface area contributed by atoms with E-state index in [1.165, 1.54) is 0 Å². The molecule has 0 saturated heterocycles. The molecule has 0 fully saturated rings. The summed E-state index contributed by atoms with van der Waals surface area (Å²) in [6, 6.07) is 5.73. The van der Waals surface area contributed by atoms with Crippen molar-refractivity contribution < 1.29 is 9.47 Å². The molecular weight excluding hydrogens is 235 g/mol. The number of benzene rings is 1. The fraction of sp³-hybridized carbons (Fsp3) is 0.455. The molecule has 15 heavy (non-hydrogen) atoms. The van der Waals surface area contributed by atoms with Gasteiger partial charge in [0, 0.05) is 6.07 Å². The quantitative estimate of drug-likeness (QED) is 0.720. The number of hydrogen-bond donors (Lipinski definition) is 0. The Balaban J connectivity index is 2.66. The maximum atomic E-state index is 5.54. The smallest absolute Gasteiger partial charge is 0.123 e. The van der Waals surface area contributed by atoms with Crippen molar-refractivity contribution in [3.8, 4) is 11.5 Å². The molecule has 1 aromatic rings. The van der Waals surface area contributed by atoms with Gasteiger partial charge < -0.3 is 9.47 Å². The molecule has 84 valence electrons. The Kier molecular flexibility index (Phi) is 5.66. The molecular formula is C11H14Cl2O2. The molecule has 1 aromatic carbocycles. The molecule has 0 heterocycles. The maximum Gasteiger partial charge on any atom is 0.123 e. The first kappa shape index (κ1) is 12.5. The van der Waals surface area contributed by atoms with Gasteiger partial charge in [-0.25, -0.2) is 0 Å². The summed E-state index contributed by atoms with van der Waals surface area (Å²) < 4.78 is 10.8. The first-order chi connectivity index (χ1) is 7.26. The molecule has 0 N–H and O–H groups in total. The van der Waals surface area contributed by atoms with E-state index in [0.717, 1.165) is 17.1 Å². The zero-order valence-electron chi connectivity index (χ0n) is 8.63. The Hall–Kier alpha value is -0.600. The summed E-state index contributed by atoms with van der Waals surface area (Å²) in [5.74, 6) is 2.51. The van der Waals surface area contributed by atoms with Gasteiger partial charge >= 0.3 is 0 Å². The summed E-state index contributed by atoms with van der Waals surface area (Å²) in [5.41, 5.74) is 1.09. The lowest BCUT2D eigenvalue weighted by atomic mass is 10.2. The molecule has 2 nitrogen and oxygen atoms in total. The van der Waals surface area contributed by atoms with Crippen LogP contribution in [0, 0.1) is 6.92 Å². The first-order valence-electron chi connectivity index (χ1n) is 4.75. The molecule has 0 aromatic heterocycles.